The minimum atomic E-state index is -0.370. The van der Waals surface area contributed by atoms with E-state index < -0.39 is 0 Å². The van der Waals surface area contributed by atoms with Crippen molar-refractivity contribution in [3.8, 4) is 0 Å². The molecule has 7 heteroatoms. The number of imide groups is 1. The summed E-state index contributed by atoms with van der Waals surface area (Å²) in [5.41, 5.74) is 3.31. The molecule has 0 aromatic carbocycles. The smallest absolute Gasteiger partial charge is 0.303 e. The van der Waals surface area contributed by atoms with Crippen LogP contribution in [0.1, 0.15) is 57.9 Å². The van der Waals surface area contributed by atoms with Gasteiger partial charge in [0.1, 0.15) is 0 Å². The van der Waals surface area contributed by atoms with Gasteiger partial charge in [-0.3, -0.25) is 15.0 Å². The lowest BCUT2D eigenvalue weighted by atomic mass is 9.78. The van der Waals surface area contributed by atoms with Crippen LogP contribution < -0.4 is 10.2 Å². The summed E-state index contributed by atoms with van der Waals surface area (Å²) in [6, 6.07) is 3.92. The van der Waals surface area contributed by atoms with Gasteiger partial charge in [-0.05, 0) is 80.6 Å². The van der Waals surface area contributed by atoms with Gasteiger partial charge < -0.3 is 4.90 Å². The third-order valence-corrected chi connectivity index (χ3v) is 7.78. The Morgan fingerprint density at radius 3 is 2.64 bits per heavy atom. The van der Waals surface area contributed by atoms with Crippen molar-refractivity contribution in [3.63, 3.8) is 0 Å². The zero-order chi connectivity index (χ0) is 23.4. The Balaban J connectivity index is 1.39. The fourth-order valence-electron chi connectivity index (χ4n) is 5.43. The van der Waals surface area contributed by atoms with Crippen molar-refractivity contribution in [2.75, 3.05) is 31.1 Å². The monoisotopic (exact) mass is 451 g/mol. The maximum absolute atomic E-state index is 12.3. The van der Waals surface area contributed by atoms with Crippen LogP contribution in [0.5, 0.6) is 0 Å². The molecule has 3 amide bonds. The molecule has 0 aliphatic carbocycles. The number of anilines is 1. The van der Waals surface area contributed by atoms with Crippen LogP contribution in [0.15, 0.2) is 37.2 Å². The summed E-state index contributed by atoms with van der Waals surface area (Å²) in [5.74, 6) is 0.447. The highest BCUT2D eigenvalue weighted by molar-refractivity contribution is 6.07. The third kappa shape index (κ3) is 5.13. The van der Waals surface area contributed by atoms with Crippen molar-refractivity contribution in [3.05, 3.63) is 42.7 Å². The van der Waals surface area contributed by atoms with E-state index in [0.717, 1.165) is 37.1 Å². The van der Waals surface area contributed by atoms with E-state index in [-0.39, 0.29) is 11.9 Å². The van der Waals surface area contributed by atoms with Crippen LogP contribution in [0.3, 0.4) is 0 Å². The van der Waals surface area contributed by atoms with Gasteiger partial charge in [0.2, 0.25) is 5.91 Å². The molecular weight excluding hydrogens is 414 g/mol. The molecule has 0 atom stereocenters. The number of rotatable bonds is 9. The van der Waals surface area contributed by atoms with Crippen molar-refractivity contribution in [1.29, 1.82) is 0 Å². The van der Waals surface area contributed by atoms with Gasteiger partial charge in [0, 0.05) is 25.7 Å². The summed E-state index contributed by atoms with van der Waals surface area (Å²) >= 11 is 0. The van der Waals surface area contributed by atoms with Crippen LogP contribution in [-0.2, 0) is 11.2 Å². The molecule has 7 nitrogen and oxygen atoms in total. The minimum Gasteiger partial charge on any atom is -0.303 e. The van der Waals surface area contributed by atoms with Crippen molar-refractivity contribution in [1.82, 2.24) is 19.8 Å². The van der Waals surface area contributed by atoms with Crippen LogP contribution in [0, 0.1) is 11.3 Å². The average Bonchev–Trinajstić information content (AvgIpc) is 3.23. The maximum Gasteiger partial charge on any atom is 0.328 e. The number of nitrogens with one attached hydrogen (secondary N) is 1. The van der Waals surface area contributed by atoms with Crippen LogP contribution >= 0.6 is 0 Å². The summed E-state index contributed by atoms with van der Waals surface area (Å²) in [6.45, 7) is 12.5. The number of pyridine rings is 1. The second kappa shape index (κ2) is 10.1. The molecule has 2 aliphatic rings. The first-order chi connectivity index (χ1) is 16.0. The molecule has 33 heavy (non-hydrogen) atoms. The normalized spacial score (nSPS) is 18.7. The van der Waals surface area contributed by atoms with Gasteiger partial charge in [-0.1, -0.05) is 19.9 Å². The minimum absolute atomic E-state index is 0.223. The predicted octanol–water partition coefficient (Wildman–Crippen LogP) is 4.42. The number of hydrogen-bond acceptors (Lipinski definition) is 4. The fourth-order valence-corrected chi connectivity index (χ4v) is 5.43. The van der Waals surface area contributed by atoms with Crippen molar-refractivity contribution >= 4 is 23.1 Å². The topological polar surface area (TPSA) is 70.0 Å². The number of urea groups is 1. The van der Waals surface area contributed by atoms with Gasteiger partial charge in [-0.2, -0.15) is 5.10 Å². The number of carbonyl (C=O) groups excluding carboxylic acids is 2. The van der Waals surface area contributed by atoms with E-state index >= 15 is 0 Å². The van der Waals surface area contributed by atoms with Crippen molar-refractivity contribution in [2.45, 2.75) is 58.8 Å². The predicted molar refractivity (Wildman–Crippen MR) is 131 cm³/mol. The molecule has 0 spiro atoms. The number of amides is 3. The Labute approximate surface area is 196 Å². The second-order valence-electron chi connectivity index (χ2n) is 9.77. The Morgan fingerprint density at radius 1 is 1.21 bits per heavy atom. The lowest BCUT2D eigenvalue weighted by Gasteiger charge is -2.40. The van der Waals surface area contributed by atoms with E-state index in [0.29, 0.717) is 24.3 Å². The first-order valence-corrected chi connectivity index (χ1v) is 12.4. The summed E-state index contributed by atoms with van der Waals surface area (Å²) < 4.78 is 1.81. The molecule has 0 saturated carbocycles. The lowest BCUT2D eigenvalue weighted by molar-refractivity contribution is -0.120. The van der Waals surface area contributed by atoms with Gasteiger partial charge in [0.05, 0.1) is 17.4 Å². The number of nitrogens with zero attached hydrogens (tertiary/aromatic N) is 4. The molecule has 0 bridgehead atoms. The van der Waals surface area contributed by atoms with E-state index in [1.807, 2.05) is 6.20 Å². The standard InChI is InChI=1S/C26H37N5O2/c1-4-11-26(5-2,6-3)19-29-12-7-20(8-13-29)16-21-9-15-31-22(17-21)23(18-27-31)30-14-10-24(32)28-25(30)33/h4,9,15,17-18,20H,1,5-8,10-14,16,19H2,2-3H3,(H,28,32,33). The van der Waals surface area contributed by atoms with Crippen LogP contribution in [-0.4, -0.2) is 52.6 Å². The molecular formula is C26H37N5O2. The van der Waals surface area contributed by atoms with Gasteiger partial charge >= 0.3 is 6.03 Å². The van der Waals surface area contributed by atoms with Gasteiger partial charge in [-0.15, -0.1) is 6.58 Å². The quantitative estimate of drug-likeness (QED) is 0.573. The SMILES string of the molecule is C=CCC(CC)(CC)CN1CCC(Cc2ccn3ncc(N4CCC(=O)NC4=O)c3c2)CC1. The number of carbonyl (C=O) groups is 2. The third-order valence-electron chi connectivity index (χ3n) is 7.78. The Bertz CT molecular complexity index is 1000. The zero-order valence-electron chi connectivity index (χ0n) is 20.1. The summed E-state index contributed by atoms with van der Waals surface area (Å²) in [5, 5.41) is 6.81. The maximum atomic E-state index is 12.3. The van der Waals surface area contributed by atoms with E-state index in [9.17, 15) is 9.59 Å². The number of piperidine rings is 1. The molecule has 2 saturated heterocycles. The van der Waals surface area contributed by atoms with Gasteiger partial charge in [0.25, 0.3) is 0 Å². The molecule has 0 unspecified atom stereocenters. The Morgan fingerprint density at radius 2 is 1.97 bits per heavy atom. The first-order valence-electron chi connectivity index (χ1n) is 12.4. The molecule has 1 N–H and O–H groups in total. The van der Waals surface area contributed by atoms with E-state index in [1.165, 1.54) is 37.8 Å². The first kappa shape index (κ1) is 23.5. The van der Waals surface area contributed by atoms with E-state index in [2.05, 4.69) is 54.0 Å². The molecule has 2 aromatic heterocycles. The molecule has 4 heterocycles. The highest BCUT2D eigenvalue weighted by Gasteiger charge is 2.30. The molecule has 4 rings (SSSR count). The fraction of sp³-hybridized carbons (Fsp3) is 0.577. The van der Waals surface area contributed by atoms with E-state index in [4.69, 9.17) is 0 Å². The van der Waals surface area contributed by atoms with Crippen LogP contribution in [0.25, 0.3) is 5.52 Å². The molecule has 178 valence electrons. The van der Waals surface area contributed by atoms with Crippen LogP contribution in [0.4, 0.5) is 10.5 Å². The largest absolute Gasteiger partial charge is 0.328 e. The number of allylic oxidation sites excluding steroid dienone is 1. The molecule has 2 aliphatic heterocycles. The molecule has 2 fully saturated rings. The summed E-state index contributed by atoms with van der Waals surface area (Å²) in [6.07, 6.45) is 13.1. The highest BCUT2D eigenvalue weighted by Crippen LogP contribution is 2.34. The van der Waals surface area contributed by atoms with Crippen molar-refractivity contribution < 1.29 is 9.59 Å². The second-order valence-corrected chi connectivity index (χ2v) is 9.77. The van der Waals surface area contributed by atoms with E-state index in [1.54, 1.807) is 15.6 Å². The molecule has 0 radical (unpaired) electrons. The highest BCUT2D eigenvalue weighted by atomic mass is 16.2. The number of fused-ring (bicyclic) bond motifs is 1. The summed E-state index contributed by atoms with van der Waals surface area (Å²) in [7, 11) is 0. The Kier molecular flexibility index (Phi) is 7.17. The van der Waals surface area contributed by atoms with Crippen molar-refractivity contribution in [2.24, 2.45) is 11.3 Å². The number of aromatic nitrogens is 2. The lowest BCUT2D eigenvalue weighted by Crippen LogP contribution is -2.49. The average molecular weight is 452 g/mol. The van der Waals surface area contributed by atoms with Crippen LogP contribution in [0.2, 0.25) is 0 Å². The van der Waals surface area contributed by atoms with Gasteiger partial charge in [0.15, 0.2) is 0 Å². The zero-order valence-corrected chi connectivity index (χ0v) is 20.1. The Hall–Kier alpha value is -2.67. The summed E-state index contributed by atoms with van der Waals surface area (Å²) in [4.78, 5) is 28.1. The number of hydrogen-bond donors (Lipinski definition) is 1. The number of likely N-dealkylation sites (tertiary alicyclic amines) is 1. The molecule has 2 aromatic rings. The van der Waals surface area contributed by atoms with Gasteiger partial charge in [-0.25, -0.2) is 9.31 Å².